The molecule has 0 aromatic carbocycles. The molecule has 9 heteroatoms. The fourth-order valence-electron chi connectivity index (χ4n) is 9.48. The van der Waals surface area contributed by atoms with E-state index in [2.05, 4.69) is 62.5 Å². The number of hydrogen-bond acceptors (Lipinski definition) is 8. The Morgan fingerprint density at radius 2 is 0.701 bits per heavy atom. The maximum absolute atomic E-state index is 12.9. The van der Waals surface area contributed by atoms with Crippen LogP contribution in [0.1, 0.15) is 309 Å². The normalized spacial score (nSPS) is 13.0. The highest BCUT2D eigenvalue weighted by atomic mass is 16.7. The van der Waals surface area contributed by atoms with Gasteiger partial charge < -0.3 is 33.3 Å². The highest BCUT2D eigenvalue weighted by Gasteiger charge is 2.22. The first kappa shape index (κ1) is 74.2. The minimum absolute atomic E-state index is 0.147. The standard InChI is InChI=1S/C68H125NO8/c1-6-8-10-12-14-16-18-20-22-24-26-28-30-32-33-35-36-38-40-42-44-46-48-50-52-54-56-58-65(70)75-62-64(63-76-68(67(72)73)74-61-60-69(3,4)5)77-66(71)59-57-55-53-51-49-47-45-43-41-39-37-34-31-29-27-25-23-21-19-17-15-13-11-9-7-2/h19,21,24-27,31,34,64,68H,6-18,20,22-23,28-30,32-33,35-63H2,1-5H3/b21-19-,26-24-,27-25-,34-31-. The molecule has 0 aliphatic heterocycles. The van der Waals surface area contributed by atoms with Gasteiger partial charge in [-0.05, 0) is 77.0 Å². The number of carboxylic acid groups (broad SMARTS) is 1. The van der Waals surface area contributed by atoms with E-state index in [4.69, 9.17) is 18.9 Å². The van der Waals surface area contributed by atoms with Gasteiger partial charge in [0, 0.05) is 12.8 Å². The molecule has 0 spiro atoms. The SMILES string of the molecule is CCCCCCC/C=C\C/C=C\C/C=C\CCCCCCCCCCCCC(=O)OC(COC(=O)CCCCCCCCCCCCCCCCC/C=C\CCCCCCCCCC)COC(OCC[N+](C)(C)C)C(=O)[O-]. The van der Waals surface area contributed by atoms with Gasteiger partial charge in [-0.1, -0.05) is 268 Å². The molecule has 0 amide bonds. The molecule has 2 unspecified atom stereocenters. The van der Waals surface area contributed by atoms with Gasteiger partial charge in [-0.25, -0.2) is 0 Å². The van der Waals surface area contributed by atoms with Gasteiger partial charge >= 0.3 is 11.9 Å². The van der Waals surface area contributed by atoms with Crippen molar-refractivity contribution in [3.8, 4) is 0 Å². The van der Waals surface area contributed by atoms with Crippen LogP contribution in [0.15, 0.2) is 48.6 Å². The average Bonchev–Trinajstić information content (AvgIpc) is 3.40. The van der Waals surface area contributed by atoms with Crippen LogP contribution in [0.5, 0.6) is 0 Å². The van der Waals surface area contributed by atoms with Crippen molar-refractivity contribution in [3.63, 3.8) is 0 Å². The first-order valence-corrected chi connectivity index (χ1v) is 32.8. The number of likely N-dealkylation sites (N-methyl/N-ethyl adjacent to an activating group) is 1. The first-order chi connectivity index (χ1) is 37.6. The minimum atomic E-state index is -1.62. The van der Waals surface area contributed by atoms with E-state index in [9.17, 15) is 19.5 Å². The number of aliphatic carboxylic acids is 1. The van der Waals surface area contributed by atoms with Crippen LogP contribution in [0.4, 0.5) is 0 Å². The molecular formula is C68H125NO8. The number of quaternary nitrogens is 1. The summed E-state index contributed by atoms with van der Waals surface area (Å²) >= 11 is 0. The van der Waals surface area contributed by atoms with Gasteiger partial charge in [0.1, 0.15) is 13.2 Å². The molecule has 77 heavy (non-hydrogen) atoms. The Kier molecular flexibility index (Phi) is 57.3. The van der Waals surface area contributed by atoms with Crippen molar-refractivity contribution in [2.75, 3.05) is 47.5 Å². The molecule has 0 N–H and O–H groups in total. The lowest BCUT2D eigenvalue weighted by Gasteiger charge is -2.26. The van der Waals surface area contributed by atoms with Crippen molar-refractivity contribution < 1.29 is 42.9 Å². The van der Waals surface area contributed by atoms with Crippen molar-refractivity contribution in [3.05, 3.63) is 48.6 Å². The van der Waals surface area contributed by atoms with Gasteiger partial charge in [0.15, 0.2) is 12.4 Å². The Balaban J connectivity index is 4.15. The van der Waals surface area contributed by atoms with Crippen molar-refractivity contribution in [1.29, 1.82) is 0 Å². The third-order valence-corrected chi connectivity index (χ3v) is 14.5. The molecule has 0 aliphatic rings. The second-order valence-electron chi connectivity index (χ2n) is 23.4. The van der Waals surface area contributed by atoms with E-state index in [-0.39, 0.29) is 32.2 Å². The van der Waals surface area contributed by atoms with E-state index in [1.54, 1.807) is 0 Å². The van der Waals surface area contributed by atoms with Crippen LogP contribution >= 0.6 is 0 Å². The molecule has 0 rings (SSSR count). The molecule has 2 atom stereocenters. The second-order valence-corrected chi connectivity index (χ2v) is 23.4. The van der Waals surface area contributed by atoms with Gasteiger partial charge in [-0.2, -0.15) is 0 Å². The molecular weight excluding hydrogens is 959 g/mol. The quantitative estimate of drug-likeness (QED) is 0.0195. The van der Waals surface area contributed by atoms with E-state index in [0.29, 0.717) is 23.9 Å². The van der Waals surface area contributed by atoms with Crippen molar-refractivity contribution >= 4 is 17.9 Å². The molecule has 0 fully saturated rings. The van der Waals surface area contributed by atoms with Gasteiger partial charge in [0.25, 0.3) is 0 Å². The molecule has 0 radical (unpaired) electrons. The number of rotatable bonds is 61. The van der Waals surface area contributed by atoms with Crippen LogP contribution in [-0.2, 0) is 33.3 Å². The van der Waals surface area contributed by atoms with E-state index < -0.39 is 24.3 Å². The van der Waals surface area contributed by atoms with Crippen molar-refractivity contribution in [2.24, 2.45) is 0 Å². The lowest BCUT2D eigenvalue weighted by Crippen LogP contribution is -2.44. The minimum Gasteiger partial charge on any atom is -0.545 e. The van der Waals surface area contributed by atoms with E-state index >= 15 is 0 Å². The fraction of sp³-hybridized carbons (Fsp3) is 0.838. The molecule has 0 aromatic rings. The van der Waals surface area contributed by atoms with Gasteiger partial charge in [0.2, 0.25) is 0 Å². The maximum Gasteiger partial charge on any atom is 0.306 e. The van der Waals surface area contributed by atoms with Gasteiger partial charge in [-0.3, -0.25) is 9.59 Å². The zero-order valence-corrected chi connectivity index (χ0v) is 51.3. The fourth-order valence-corrected chi connectivity index (χ4v) is 9.48. The smallest absolute Gasteiger partial charge is 0.306 e. The van der Waals surface area contributed by atoms with Crippen LogP contribution in [0, 0.1) is 0 Å². The number of esters is 2. The topological polar surface area (TPSA) is 111 Å². The van der Waals surface area contributed by atoms with Crippen molar-refractivity contribution in [1.82, 2.24) is 0 Å². The summed E-state index contributed by atoms with van der Waals surface area (Å²) < 4.78 is 22.8. The molecule has 0 aromatic heterocycles. The van der Waals surface area contributed by atoms with Crippen LogP contribution < -0.4 is 5.11 Å². The van der Waals surface area contributed by atoms with Gasteiger partial charge in [-0.15, -0.1) is 0 Å². The Bertz CT molecular complexity index is 1400. The van der Waals surface area contributed by atoms with Crippen LogP contribution in [0.25, 0.3) is 0 Å². The average molecular weight is 1080 g/mol. The summed E-state index contributed by atoms with van der Waals surface area (Å²) in [6.07, 6.45) is 71.7. The number of ether oxygens (including phenoxy) is 4. The summed E-state index contributed by atoms with van der Waals surface area (Å²) in [7, 11) is 5.93. The Hall–Kier alpha value is -2.75. The van der Waals surface area contributed by atoms with E-state index in [0.717, 1.165) is 57.8 Å². The Labute approximate surface area is 476 Å². The molecule has 0 saturated heterocycles. The molecule has 0 aliphatic carbocycles. The first-order valence-electron chi connectivity index (χ1n) is 32.8. The number of carbonyl (C=O) groups excluding carboxylic acids is 3. The number of carboxylic acids is 1. The van der Waals surface area contributed by atoms with Crippen LogP contribution in [0.2, 0.25) is 0 Å². The molecule has 0 bridgehead atoms. The van der Waals surface area contributed by atoms with Crippen LogP contribution in [0.3, 0.4) is 0 Å². The van der Waals surface area contributed by atoms with Crippen LogP contribution in [-0.4, -0.2) is 82.3 Å². The molecule has 450 valence electrons. The summed E-state index contributed by atoms with van der Waals surface area (Å²) in [5.41, 5.74) is 0. The Morgan fingerprint density at radius 1 is 0.390 bits per heavy atom. The molecule has 0 saturated carbocycles. The van der Waals surface area contributed by atoms with E-state index in [1.165, 1.54) is 218 Å². The summed E-state index contributed by atoms with van der Waals surface area (Å²) in [6.45, 7) is 4.78. The summed E-state index contributed by atoms with van der Waals surface area (Å²) in [5, 5.41) is 11.8. The Morgan fingerprint density at radius 3 is 1.05 bits per heavy atom. The molecule has 0 heterocycles. The van der Waals surface area contributed by atoms with Gasteiger partial charge in [0.05, 0.1) is 40.3 Å². The zero-order valence-electron chi connectivity index (χ0n) is 51.3. The number of hydrogen-bond donors (Lipinski definition) is 0. The lowest BCUT2D eigenvalue weighted by atomic mass is 10.0. The second kappa shape index (κ2) is 59.4. The summed E-state index contributed by atoms with van der Waals surface area (Å²) in [4.78, 5) is 37.4. The highest BCUT2D eigenvalue weighted by molar-refractivity contribution is 5.70. The third kappa shape index (κ3) is 60.7. The third-order valence-electron chi connectivity index (χ3n) is 14.5. The van der Waals surface area contributed by atoms with E-state index in [1.807, 2.05) is 21.1 Å². The predicted octanol–water partition coefficient (Wildman–Crippen LogP) is 18.5. The largest absolute Gasteiger partial charge is 0.545 e. The zero-order chi connectivity index (χ0) is 56.2. The predicted molar refractivity (Wildman–Crippen MR) is 325 cm³/mol. The summed E-state index contributed by atoms with van der Waals surface area (Å²) in [6, 6.07) is 0. The monoisotopic (exact) mass is 1080 g/mol. The number of nitrogens with zero attached hydrogens (tertiary/aromatic N) is 1. The maximum atomic E-state index is 12.9. The number of unbranched alkanes of at least 4 members (excludes halogenated alkanes) is 38. The molecule has 9 nitrogen and oxygen atoms in total. The highest BCUT2D eigenvalue weighted by Crippen LogP contribution is 2.17. The lowest BCUT2D eigenvalue weighted by molar-refractivity contribution is -0.870. The summed E-state index contributed by atoms with van der Waals surface area (Å²) in [5.74, 6) is -2.27. The van der Waals surface area contributed by atoms with Crippen molar-refractivity contribution in [2.45, 2.75) is 322 Å². The number of carbonyl (C=O) groups is 3. The number of allylic oxidation sites excluding steroid dienone is 8.